The van der Waals surface area contributed by atoms with Crippen molar-refractivity contribution in [2.75, 3.05) is 26.1 Å². The van der Waals surface area contributed by atoms with Gasteiger partial charge in [-0.1, -0.05) is 6.07 Å². The summed E-state index contributed by atoms with van der Waals surface area (Å²) in [4.78, 5) is 11.8. The van der Waals surface area contributed by atoms with Gasteiger partial charge < -0.3 is 20.1 Å². The molecular formula is C17H18F2N2O3. The molecule has 7 heteroatoms. The zero-order chi connectivity index (χ0) is 17.5. The maximum Gasteiger partial charge on any atom is 0.239 e. The van der Waals surface area contributed by atoms with E-state index >= 15 is 0 Å². The van der Waals surface area contributed by atoms with Gasteiger partial charge in [0.05, 0.1) is 20.8 Å². The molecule has 128 valence electrons. The zero-order valence-electron chi connectivity index (χ0n) is 13.4. The molecule has 5 nitrogen and oxygen atoms in total. The number of benzene rings is 2. The van der Waals surface area contributed by atoms with Crippen LogP contribution in [0.1, 0.15) is 5.56 Å². The van der Waals surface area contributed by atoms with E-state index in [1.54, 1.807) is 19.2 Å². The number of hydrogen-bond acceptors (Lipinski definition) is 4. The molecule has 0 saturated carbocycles. The van der Waals surface area contributed by atoms with Crippen LogP contribution in [0.2, 0.25) is 0 Å². The summed E-state index contributed by atoms with van der Waals surface area (Å²) in [5.41, 5.74) is 1.17. The van der Waals surface area contributed by atoms with Crippen molar-refractivity contribution in [1.82, 2.24) is 5.32 Å². The van der Waals surface area contributed by atoms with E-state index in [1.165, 1.54) is 13.2 Å². The van der Waals surface area contributed by atoms with Crippen molar-refractivity contribution in [3.63, 3.8) is 0 Å². The molecule has 1 amide bonds. The highest BCUT2D eigenvalue weighted by Gasteiger charge is 2.07. The second-order valence-electron chi connectivity index (χ2n) is 4.95. The van der Waals surface area contributed by atoms with Crippen LogP contribution in [0.5, 0.6) is 11.5 Å². The summed E-state index contributed by atoms with van der Waals surface area (Å²) in [5.74, 6) is -1.00. The second kappa shape index (κ2) is 8.14. The van der Waals surface area contributed by atoms with Gasteiger partial charge in [-0.05, 0) is 29.8 Å². The Balaban J connectivity index is 1.85. The van der Waals surface area contributed by atoms with Crippen molar-refractivity contribution in [1.29, 1.82) is 0 Å². The van der Waals surface area contributed by atoms with Crippen LogP contribution in [-0.2, 0) is 11.3 Å². The standard InChI is InChI=1S/C17H18F2N2O3/c1-23-15-6-3-11(7-16(15)24-2)9-21-17(22)10-20-12-4-5-13(18)14(19)8-12/h3-8,20H,9-10H2,1-2H3,(H,21,22). The smallest absolute Gasteiger partial charge is 0.239 e. The highest BCUT2D eigenvalue weighted by atomic mass is 19.2. The largest absolute Gasteiger partial charge is 0.493 e. The third kappa shape index (κ3) is 4.58. The number of nitrogens with one attached hydrogen (secondary N) is 2. The molecule has 0 heterocycles. The lowest BCUT2D eigenvalue weighted by Crippen LogP contribution is -2.29. The summed E-state index contributed by atoms with van der Waals surface area (Å²) < 4.78 is 36.2. The Bertz CT molecular complexity index is 723. The molecule has 0 unspecified atom stereocenters. The average Bonchev–Trinajstić information content (AvgIpc) is 2.60. The lowest BCUT2D eigenvalue weighted by molar-refractivity contribution is -0.119. The zero-order valence-corrected chi connectivity index (χ0v) is 13.4. The van der Waals surface area contributed by atoms with E-state index in [2.05, 4.69) is 10.6 Å². The number of ether oxygens (including phenoxy) is 2. The van der Waals surface area contributed by atoms with Crippen molar-refractivity contribution >= 4 is 11.6 Å². The number of halogens is 2. The van der Waals surface area contributed by atoms with E-state index in [-0.39, 0.29) is 12.5 Å². The Hall–Kier alpha value is -2.83. The summed E-state index contributed by atoms with van der Waals surface area (Å²) in [7, 11) is 3.08. The van der Waals surface area contributed by atoms with Crippen LogP contribution in [0.15, 0.2) is 36.4 Å². The predicted molar refractivity (Wildman–Crippen MR) is 86.2 cm³/mol. The molecule has 2 aromatic carbocycles. The number of rotatable bonds is 7. The maximum absolute atomic E-state index is 13.1. The first-order valence-electron chi connectivity index (χ1n) is 7.20. The Kier molecular flexibility index (Phi) is 5.95. The molecule has 2 rings (SSSR count). The van der Waals surface area contributed by atoms with Crippen LogP contribution in [0.4, 0.5) is 14.5 Å². The van der Waals surface area contributed by atoms with Gasteiger partial charge >= 0.3 is 0 Å². The van der Waals surface area contributed by atoms with Gasteiger partial charge in [0.2, 0.25) is 5.91 Å². The van der Waals surface area contributed by atoms with Crippen molar-refractivity contribution in [2.24, 2.45) is 0 Å². The highest BCUT2D eigenvalue weighted by molar-refractivity contribution is 5.80. The summed E-state index contributed by atoms with van der Waals surface area (Å²) >= 11 is 0. The minimum atomic E-state index is -0.967. The first-order chi connectivity index (χ1) is 11.5. The molecule has 0 aliphatic carbocycles. The van der Waals surface area contributed by atoms with Gasteiger partial charge in [-0.2, -0.15) is 0 Å². The molecule has 0 fully saturated rings. The SMILES string of the molecule is COc1ccc(CNC(=O)CNc2ccc(F)c(F)c2)cc1OC. The number of hydrogen-bond donors (Lipinski definition) is 2. The lowest BCUT2D eigenvalue weighted by atomic mass is 10.2. The fourth-order valence-electron chi connectivity index (χ4n) is 2.04. The molecule has 0 aliphatic rings. The van der Waals surface area contributed by atoms with Gasteiger partial charge in [-0.15, -0.1) is 0 Å². The van der Waals surface area contributed by atoms with Crippen LogP contribution in [0, 0.1) is 11.6 Å². The molecule has 0 aliphatic heterocycles. The number of carbonyl (C=O) groups excluding carboxylic acids is 1. The molecule has 0 atom stereocenters. The minimum Gasteiger partial charge on any atom is -0.493 e. The van der Waals surface area contributed by atoms with Crippen LogP contribution >= 0.6 is 0 Å². The number of anilines is 1. The van der Waals surface area contributed by atoms with Crippen LogP contribution in [-0.4, -0.2) is 26.7 Å². The summed E-state index contributed by atoms with van der Waals surface area (Å²) in [5, 5.41) is 5.44. The number of amides is 1. The molecule has 0 aromatic heterocycles. The van der Waals surface area contributed by atoms with Crippen molar-refractivity contribution in [3.05, 3.63) is 53.6 Å². The second-order valence-corrected chi connectivity index (χ2v) is 4.95. The minimum absolute atomic E-state index is 0.0572. The van der Waals surface area contributed by atoms with Crippen LogP contribution in [0.25, 0.3) is 0 Å². The molecule has 0 saturated heterocycles. The molecular weight excluding hydrogens is 318 g/mol. The Morgan fingerprint density at radius 3 is 2.42 bits per heavy atom. The molecule has 0 radical (unpaired) electrons. The first-order valence-corrected chi connectivity index (χ1v) is 7.20. The summed E-state index contributed by atoms with van der Waals surface area (Å²) in [6.45, 7) is 0.247. The fraction of sp³-hybridized carbons (Fsp3) is 0.235. The maximum atomic E-state index is 13.1. The molecule has 2 N–H and O–H groups in total. The van der Waals surface area contributed by atoms with Crippen LogP contribution < -0.4 is 20.1 Å². The third-order valence-electron chi connectivity index (χ3n) is 3.31. The molecule has 2 aromatic rings. The van der Waals surface area contributed by atoms with Crippen molar-refractivity contribution in [3.8, 4) is 11.5 Å². The normalized spacial score (nSPS) is 10.2. The van der Waals surface area contributed by atoms with Gasteiger partial charge in [0, 0.05) is 18.3 Å². The average molecular weight is 336 g/mol. The van der Waals surface area contributed by atoms with Crippen molar-refractivity contribution < 1.29 is 23.0 Å². The van der Waals surface area contributed by atoms with Crippen LogP contribution in [0.3, 0.4) is 0 Å². The van der Waals surface area contributed by atoms with Gasteiger partial charge in [-0.25, -0.2) is 8.78 Å². The van der Waals surface area contributed by atoms with E-state index < -0.39 is 11.6 Å². The fourth-order valence-corrected chi connectivity index (χ4v) is 2.04. The third-order valence-corrected chi connectivity index (χ3v) is 3.31. The number of methoxy groups -OCH3 is 2. The van der Waals surface area contributed by atoms with E-state index in [0.29, 0.717) is 23.7 Å². The Morgan fingerprint density at radius 1 is 1.00 bits per heavy atom. The monoisotopic (exact) mass is 336 g/mol. The Labute approximate surface area is 138 Å². The summed E-state index contributed by atoms with van der Waals surface area (Å²) in [6.07, 6.45) is 0. The van der Waals surface area contributed by atoms with E-state index in [9.17, 15) is 13.6 Å². The molecule has 0 bridgehead atoms. The first kappa shape index (κ1) is 17.5. The highest BCUT2D eigenvalue weighted by Crippen LogP contribution is 2.27. The van der Waals surface area contributed by atoms with Gasteiger partial charge in [0.15, 0.2) is 23.1 Å². The topological polar surface area (TPSA) is 59.6 Å². The number of carbonyl (C=O) groups is 1. The lowest BCUT2D eigenvalue weighted by Gasteiger charge is -2.11. The predicted octanol–water partition coefficient (Wildman–Crippen LogP) is 2.71. The van der Waals surface area contributed by atoms with E-state index in [1.807, 2.05) is 6.07 Å². The van der Waals surface area contributed by atoms with E-state index in [0.717, 1.165) is 17.7 Å². The quantitative estimate of drug-likeness (QED) is 0.816. The molecule has 0 spiro atoms. The van der Waals surface area contributed by atoms with E-state index in [4.69, 9.17) is 9.47 Å². The van der Waals surface area contributed by atoms with Gasteiger partial charge in [-0.3, -0.25) is 4.79 Å². The van der Waals surface area contributed by atoms with Gasteiger partial charge in [0.1, 0.15) is 0 Å². The van der Waals surface area contributed by atoms with Gasteiger partial charge in [0.25, 0.3) is 0 Å². The Morgan fingerprint density at radius 2 is 1.75 bits per heavy atom. The summed E-state index contributed by atoms with van der Waals surface area (Å²) in [6, 6.07) is 8.68. The molecule has 24 heavy (non-hydrogen) atoms. The van der Waals surface area contributed by atoms with Crippen molar-refractivity contribution in [2.45, 2.75) is 6.54 Å².